The molecule has 0 N–H and O–H groups in total. The van der Waals surface area contributed by atoms with Gasteiger partial charge in [0.2, 0.25) is 0 Å². The van der Waals surface area contributed by atoms with Gasteiger partial charge in [0.15, 0.2) is 0 Å². The SMILES string of the molecule is Brc1ccccc1-n1ccnn1.[2H]. The Labute approximate surface area is 79.6 Å². The number of benzene rings is 1. The van der Waals surface area contributed by atoms with Crippen LogP contribution in [0.1, 0.15) is 1.43 Å². The Morgan fingerprint density at radius 3 is 2.83 bits per heavy atom. The van der Waals surface area contributed by atoms with E-state index in [-0.39, 0.29) is 1.43 Å². The number of hydrogen-bond acceptors (Lipinski definition) is 2. The van der Waals surface area contributed by atoms with Gasteiger partial charge < -0.3 is 0 Å². The molecule has 1 radical (unpaired) electrons. The second-order valence-electron chi connectivity index (χ2n) is 2.30. The van der Waals surface area contributed by atoms with E-state index in [0.717, 1.165) is 10.2 Å². The maximum Gasteiger partial charge on any atom is 0.0805 e. The molecule has 2 rings (SSSR count). The summed E-state index contributed by atoms with van der Waals surface area (Å²) in [6, 6.07) is 7.86. The van der Waals surface area contributed by atoms with Crippen molar-refractivity contribution in [2.75, 3.05) is 0 Å². The van der Waals surface area contributed by atoms with Crippen LogP contribution in [0.4, 0.5) is 0 Å². The zero-order valence-electron chi connectivity index (χ0n) is 7.18. The highest BCUT2D eigenvalue weighted by Crippen LogP contribution is 2.18. The number of aromatic nitrogens is 3. The van der Waals surface area contributed by atoms with Gasteiger partial charge >= 0.3 is 0 Å². The van der Waals surface area contributed by atoms with Gasteiger partial charge in [-0.3, -0.25) is 0 Å². The molecule has 0 aliphatic heterocycles. The van der Waals surface area contributed by atoms with Crippen LogP contribution in [-0.2, 0) is 0 Å². The third-order valence-electron chi connectivity index (χ3n) is 1.52. The van der Waals surface area contributed by atoms with Crippen LogP contribution in [-0.4, -0.2) is 15.0 Å². The lowest BCUT2D eigenvalue weighted by molar-refractivity contribution is 0.800. The average molecular weight is 226 g/mol. The van der Waals surface area contributed by atoms with Gasteiger partial charge in [-0.2, -0.15) is 0 Å². The lowest BCUT2D eigenvalue weighted by Crippen LogP contribution is -1.95. The minimum atomic E-state index is 0. The first-order chi connectivity index (χ1) is 5.88. The first-order valence-electron chi connectivity index (χ1n) is 3.49. The normalized spacial score (nSPS) is 10.1. The van der Waals surface area contributed by atoms with Gasteiger partial charge in [-0.25, -0.2) is 4.68 Å². The smallest absolute Gasteiger partial charge is 0.0805 e. The fourth-order valence-electron chi connectivity index (χ4n) is 0.974. The Kier molecular flexibility index (Phi) is 1.91. The summed E-state index contributed by atoms with van der Waals surface area (Å²) in [6.45, 7) is 0. The molecule has 0 atom stereocenters. The Balaban J connectivity index is 0.000000845. The van der Waals surface area contributed by atoms with Crippen LogP contribution >= 0.6 is 15.9 Å². The molecule has 1 aromatic carbocycles. The lowest BCUT2D eigenvalue weighted by Gasteiger charge is -2.01. The molecule has 0 saturated carbocycles. The number of para-hydroxylation sites is 1. The lowest BCUT2D eigenvalue weighted by atomic mass is 10.3. The molecule has 3 nitrogen and oxygen atoms in total. The number of halogens is 1. The Hall–Kier alpha value is -1.16. The van der Waals surface area contributed by atoms with Crippen LogP contribution in [0.2, 0.25) is 0 Å². The molecule has 0 spiro atoms. The van der Waals surface area contributed by atoms with E-state index >= 15 is 0 Å². The third kappa shape index (κ3) is 1.25. The van der Waals surface area contributed by atoms with E-state index in [1.54, 1.807) is 17.1 Å². The summed E-state index contributed by atoms with van der Waals surface area (Å²) < 4.78 is 2.72. The van der Waals surface area contributed by atoms with Crippen molar-refractivity contribution in [3.05, 3.63) is 41.1 Å². The topological polar surface area (TPSA) is 30.7 Å². The van der Waals surface area contributed by atoms with Gasteiger partial charge in [0.05, 0.1) is 18.1 Å². The molecule has 0 aliphatic carbocycles. The summed E-state index contributed by atoms with van der Waals surface area (Å²) in [6.07, 6.45) is 3.46. The van der Waals surface area contributed by atoms with E-state index < -0.39 is 0 Å². The summed E-state index contributed by atoms with van der Waals surface area (Å²) in [7, 11) is 0. The van der Waals surface area contributed by atoms with Crippen molar-refractivity contribution in [3.8, 4) is 5.69 Å². The van der Waals surface area contributed by atoms with Crippen LogP contribution < -0.4 is 0 Å². The van der Waals surface area contributed by atoms with Crippen LogP contribution in [0.25, 0.3) is 5.69 Å². The standard InChI is InChI=1S/C8H6BrN3.H/c9-7-3-1-2-4-8(7)12-6-5-10-11-12;/h1-6H;/i;1+1. The van der Waals surface area contributed by atoms with E-state index in [0.29, 0.717) is 0 Å². The number of nitrogens with zero attached hydrogens (tertiary/aromatic N) is 3. The number of rotatable bonds is 1. The maximum absolute atomic E-state index is 3.88. The Bertz CT molecular complexity index is 375. The largest absolute Gasteiger partial charge is 0.220 e. The highest BCUT2D eigenvalue weighted by atomic mass is 79.9. The van der Waals surface area contributed by atoms with E-state index in [1.807, 2.05) is 24.3 Å². The molecular weight excluding hydrogens is 218 g/mol. The van der Waals surface area contributed by atoms with Crippen molar-refractivity contribution in [2.45, 2.75) is 0 Å². The van der Waals surface area contributed by atoms with Crippen molar-refractivity contribution < 1.29 is 1.43 Å². The molecule has 0 aliphatic rings. The highest BCUT2D eigenvalue weighted by molar-refractivity contribution is 9.10. The Morgan fingerprint density at radius 1 is 1.33 bits per heavy atom. The van der Waals surface area contributed by atoms with Crippen LogP contribution in [0.3, 0.4) is 0 Å². The molecule has 0 unspecified atom stereocenters. The summed E-state index contributed by atoms with van der Waals surface area (Å²) in [5, 5.41) is 7.62. The molecule has 2 aromatic rings. The van der Waals surface area contributed by atoms with Crippen LogP contribution in [0.15, 0.2) is 41.1 Å². The molecular formula is C8H7BrN3. The summed E-state index contributed by atoms with van der Waals surface area (Å²) in [4.78, 5) is 0. The van der Waals surface area contributed by atoms with Gasteiger partial charge in [0.1, 0.15) is 0 Å². The monoisotopic (exact) mass is 225 g/mol. The molecule has 0 bridgehead atoms. The quantitative estimate of drug-likeness (QED) is 0.745. The zero-order valence-corrected chi connectivity index (χ0v) is 7.77. The molecule has 1 heterocycles. The van der Waals surface area contributed by atoms with E-state index in [9.17, 15) is 0 Å². The van der Waals surface area contributed by atoms with Crippen molar-refractivity contribution in [3.63, 3.8) is 0 Å². The molecule has 12 heavy (non-hydrogen) atoms. The molecule has 0 saturated heterocycles. The van der Waals surface area contributed by atoms with E-state index in [1.165, 1.54) is 0 Å². The van der Waals surface area contributed by atoms with Crippen LogP contribution in [0.5, 0.6) is 0 Å². The van der Waals surface area contributed by atoms with Crippen LogP contribution in [0, 0.1) is 0 Å². The van der Waals surface area contributed by atoms with Crippen molar-refractivity contribution in [2.24, 2.45) is 0 Å². The minimum absolute atomic E-state index is 0. The fourth-order valence-corrected chi connectivity index (χ4v) is 1.44. The van der Waals surface area contributed by atoms with Crippen molar-refractivity contribution >= 4 is 15.9 Å². The molecule has 0 fully saturated rings. The average Bonchev–Trinajstić information content (AvgIpc) is 2.57. The predicted octanol–water partition coefficient (Wildman–Crippen LogP) is 2.14. The molecule has 1 aromatic heterocycles. The minimum Gasteiger partial charge on any atom is -0.220 e. The Morgan fingerprint density at radius 2 is 2.17 bits per heavy atom. The highest BCUT2D eigenvalue weighted by Gasteiger charge is 1.99. The second-order valence-corrected chi connectivity index (χ2v) is 3.15. The van der Waals surface area contributed by atoms with Gasteiger partial charge in [0.25, 0.3) is 0 Å². The second kappa shape index (κ2) is 3.06. The predicted molar refractivity (Wildman–Crippen MR) is 50.2 cm³/mol. The van der Waals surface area contributed by atoms with Gasteiger partial charge in [0, 0.05) is 5.90 Å². The van der Waals surface area contributed by atoms with E-state index in [4.69, 9.17) is 0 Å². The first-order valence-corrected chi connectivity index (χ1v) is 4.28. The third-order valence-corrected chi connectivity index (χ3v) is 2.19. The zero-order chi connectivity index (χ0) is 8.39. The molecule has 61 valence electrons. The maximum atomic E-state index is 3.88. The van der Waals surface area contributed by atoms with E-state index in [2.05, 4.69) is 26.2 Å². The van der Waals surface area contributed by atoms with Crippen molar-refractivity contribution in [1.29, 1.82) is 0 Å². The first kappa shape index (κ1) is 7.49. The summed E-state index contributed by atoms with van der Waals surface area (Å²) >= 11 is 3.43. The molecule has 0 amide bonds. The summed E-state index contributed by atoms with van der Waals surface area (Å²) in [5.41, 5.74) is 0.995. The van der Waals surface area contributed by atoms with Gasteiger partial charge in [-0.05, 0) is 28.1 Å². The number of hydrogen-bond donors (Lipinski definition) is 0. The summed E-state index contributed by atoms with van der Waals surface area (Å²) in [5.74, 6) is 0. The van der Waals surface area contributed by atoms with Crippen molar-refractivity contribution in [1.82, 2.24) is 15.0 Å². The fraction of sp³-hybridized carbons (Fsp3) is 0. The van der Waals surface area contributed by atoms with Gasteiger partial charge in [-0.1, -0.05) is 17.3 Å². The van der Waals surface area contributed by atoms with Gasteiger partial charge in [-0.15, -0.1) is 5.10 Å². The molecule has 4 heteroatoms.